The van der Waals surface area contributed by atoms with Crippen LogP contribution in [-0.2, 0) is 0 Å². The molecule has 1 heterocycles. The molecule has 0 aliphatic rings. The number of nitrogens with one attached hydrogen (secondary N) is 2. The molecule has 4 nitrogen and oxygen atoms in total. The zero-order valence-electron chi connectivity index (χ0n) is 10.4. The number of aryl methyl sites for hydroxylation is 1. The van der Waals surface area contributed by atoms with Crippen molar-refractivity contribution < 1.29 is 0 Å². The number of rotatable bonds is 4. The summed E-state index contributed by atoms with van der Waals surface area (Å²) in [6.45, 7) is 6.32. The monoisotopic (exact) mass is 230 g/mol. The fraction of sp³-hybridized carbons (Fsp3) is 0.385. The lowest BCUT2D eigenvalue weighted by molar-refractivity contribution is 0.477. The molecule has 2 unspecified atom stereocenters. The minimum absolute atomic E-state index is 0.161. The predicted octanol–water partition coefficient (Wildman–Crippen LogP) is 2.52. The maximum absolute atomic E-state index is 4.15. The second kappa shape index (κ2) is 5.10. The Hall–Kier alpha value is -1.68. The maximum Gasteiger partial charge on any atom is 0.141 e. The smallest absolute Gasteiger partial charge is 0.141 e. The second-order valence-corrected chi connectivity index (χ2v) is 4.39. The molecule has 2 aromatic rings. The number of aromatic amines is 1. The summed E-state index contributed by atoms with van der Waals surface area (Å²) >= 11 is 0. The lowest BCUT2D eigenvalue weighted by atomic mass is 10.1. The van der Waals surface area contributed by atoms with Crippen LogP contribution in [0.1, 0.15) is 42.9 Å². The Morgan fingerprint density at radius 3 is 2.41 bits per heavy atom. The fourth-order valence-corrected chi connectivity index (χ4v) is 1.83. The zero-order chi connectivity index (χ0) is 12.3. The van der Waals surface area contributed by atoms with Gasteiger partial charge in [-0.15, -0.1) is 0 Å². The van der Waals surface area contributed by atoms with Gasteiger partial charge in [0.15, 0.2) is 0 Å². The van der Waals surface area contributed by atoms with Crippen molar-refractivity contribution in [3.63, 3.8) is 0 Å². The third kappa shape index (κ3) is 2.91. The Labute approximate surface area is 101 Å². The van der Waals surface area contributed by atoms with Crippen molar-refractivity contribution in [3.8, 4) is 0 Å². The molecule has 0 fully saturated rings. The molecule has 0 spiro atoms. The minimum atomic E-state index is 0.161. The van der Waals surface area contributed by atoms with Crippen molar-refractivity contribution >= 4 is 0 Å². The van der Waals surface area contributed by atoms with Crippen LogP contribution in [0.5, 0.6) is 0 Å². The van der Waals surface area contributed by atoms with Crippen LogP contribution in [0.4, 0.5) is 0 Å². The molecule has 0 aliphatic heterocycles. The number of nitrogens with zero attached hydrogens (tertiary/aromatic N) is 2. The van der Waals surface area contributed by atoms with Crippen molar-refractivity contribution in [3.05, 3.63) is 47.5 Å². The van der Waals surface area contributed by atoms with Crippen molar-refractivity contribution in [2.75, 3.05) is 0 Å². The third-order valence-electron chi connectivity index (χ3n) is 2.92. The highest BCUT2D eigenvalue weighted by atomic mass is 15.2. The van der Waals surface area contributed by atoms with Gasteiger partial charge in [0.05, 0.1) is 6.04 Å². The van der Waals surface area contributed by atoms with Crippen molar-refractivity contribution in [2.45, 2.75) is 32.9 Å². The van der Waals surface area contributed by atoms with E-state index < -0.39 is 0 Å². The summed E-state index contributed by atoms with van der Waals surface area (Å²) in [4.78, 5) is 4.15. The first-order valence-electron chi connectivity index (χ1n) is 5.84. The fourth-order valence-electron chi connectivity index (χ4n) is 1.83. The maximum atomic E-state index is 4.15. The SMILES string of the molecule is Cc1ccc(C(C)NC(C)c2ncn[nH]2)cc1. The van der Waals surface area contributed by atoms with Crippen LogP contribution in [0.2, 0.25) is 0 Å². The molecular weight excluding hydrogens is 212 g/mol. The Bertz CT molecular complexity index is 447. The van der Waals surface area contributed by atoms with Crippen LogP contribution in [0.25, 0.3) is 0 Å². The van der Waals surface area contributed by atoms with E-state index in [1.807, 2.05) is 0 Å². The standard InChI is InChI=1S/C13H18N4/c1-9-4-6-12(7-5-9)10(2)16-11(3)13-14-8-15-17-13/h4-8,10-11,16H,1-3H3,(H,14,15,17). The molecule has 0 bridgehead atoms. The average molecular weight is 230 g/mol. The molecule has 0 amide bonds. The van der Waals surface area contributed by atoms with Gasteiger partial charge in [-0.05, 0) is 26.3 Å². The van der Waals surface area contributed by atoms with Gasteiger partial charge in [0.2, 0.25) is 0 Å². The molecule has 1 aromatic heterocycles. The molecule has 0 saturated carbocycles. The minimum Gasteiger partial charge on any atom is -0.301 e. The number of hydrogen-bond acceptors (Lipinski definition) is 3. The molecule has 90 valence electrons. The number of H-pyrrole nitrogens is 1. The summed E-state index contributed by atoms with van der Waals surface area (Å²) in [5.74, 6) is 0.865. The van der Waals surface area contributed by atoms with E-state index in [-0.39, 0.29) is 12.1 Å². The largest absolute Gasteiger partial charge is 0.301 e. The van der Waals surface area contributed by atoms with E-state index in [1.165, 1.54) is 17.5 Å². The van der Waals surface area contributed by atoms with E-state index in [4.69, 9.17) is 0 Å². The Kier molecular flexibility index (Phi) is 3.54. The lowest BCUT2D eigenvalue weighted by Gasteiger charge is -2.18. The number of aromatic nitrogens is 3. The Morgan fingerprint density at radius 2 is 1.82 bits per heavy atom. The van der Waals surface area contributed by atoms with E-state index in [2.05, 4.69) is 65.5 Å². The lowest BCUT2D eigenvalue weighted by Crippen LogP contribution is -2.23. The van der Waals surface area contributed by atoms with Crippen molar-refractivity contribution in [2.24, 2.45) is 0 Å². The van der Waals surface area contributed by atoms with Crippen LogP contribution < -0.4 is 5.32 Å². The first kappa shape index (κ1) is 11.8. The molecule has 17 heavy (non-hydrogen) atoms. The van der Waals surface area contributed by atoms with Crippen LogP contribution in [0.15, 0.2) is 30.6 Å². The first-order chi connectivity index (χ1) is 8.16. The Balaban J connectivity index is 2.01. The molecular formula is C13H18N4. The second-order valence-electron chi connectivity index (χ2n) is 4.39. The summed E-state index contributed by atoms with van der Waals surface area (Å²) < 4.78 is 0. The molecule has 4 heteroatoms. The van der Waals surface area contributed by atoms with Gasteiger partial charge in [0.1, 0.15) is 12.2 Å². The van der Waals surface area contributed by atoms with Gasteiger partial charge in [0, 0.05) is 6.04 Å². The van der Waals surface area contributed by atoms with E-state index in [0.29, 0.717) is 0 Å². The van der Waals surface area contributed by atoms with Gasteiger partial charge in [-0.2, -0.15) is 5.10 Å². The van der Waals surface area contributed by atoms with Gasteiger partial charge < -0.3 is 5.32 Å². The first-order valence-corrected chi connectivity index (χ1v) is 5.84. The third-order valence-corrected chi connectivity index (χ3v) is 2.92. The molecule has 2 rings (SSSR count). The summed E-state index contributed by atoms with van der Waals surface area (Å²) in [5.41, 5.74) is 2.56. The van der Waals surface area contributed by atoms with Crippen LogP contribution in [0, 0.1) is 6.92 Å². The van der Waals surface area contributed by atoms with Gasteiger partial charge in [-0.3, -0.25) is 5.10 Å². The highest BCUT2D eigenvalue weighted by Crippen LogP contribution is 2.17. The van der Waals surface area contributed by atoms with Crippen LogP contribution >= 0.6 is 0 Å². The van der Waals surface area contributed by atoms with Gasteiger partial charge >= 0.3 is 0 Å². The van der Waals surface area contributed by atoms with Gasteiger partial charge in [-0.1, -0.05) is 29.8 Å². The van der Waals surface area contributed by atoms with Crippen molar-refractivity contribution in [1.82, 2.24) is 20.5 Å². The van der Waals surface area contributed by atoms with E-state index >= 15 is 0 Å². The quantitative estimate of drug-likeness (QED) is 0.848. The molecule has 0 radical (unpaired) electrons. The number of benzene rings is 1. The Morgan fingerprint density at radius 1 is 1.12 bits per heavy atom. The topological polar surface area (TPSA) is 53.6 Å². The zero-order valence-corrected chi connectivity index (χ0v) is 10.4. The molecule has 2 N–H and O–H groups in total. The molecule has 0 saturated heterocycles. The van der Waals surface area contributed by atoms with E-state index in [1.54, 1.807) is 0 Å². The van der Waals surface area contributed by atoms with E-state index in [0.717, 1.165) is 5.82 Å². The normalized spacial score (nSPS) is 14.5. The highest BCUT2D eigenvalue weighted by Gasteiger charge is 2.12. The van der Waals surface area contributed by atoms with Crippen LogP contribution in [-0.4, -0.2) is 15.2 Å². The number of hydrogen-bond donors (Lipinski definition) is 2. The molecule has 2 atom stereocenters. The van der Waals surface area contributed by atoms with E-state index in [9.17, 15) is 0 Å². The van der Waals surface area contributed by atoms with Crippen molar-refractivity contribution in [1.29, 1.82) is 0 Å². The highest BCUT2D eigenvalue weighted by molar-refractivity contribution is 5.23. The average Bonchev–Trinajstić information content (AvgIpc) is 2.83. The summed E-state index contributed by atoms with van der Waals surface area (Å²) in [7, 11) is 0. The van der Waals surface area contributed by atoms with Gasteiger partial charge in [-0.25, -0.2) is 4.98 Å². The van der Waals surface area contributed by atoms with Crippen LogP contribution in [0.3, 0.4) is 0 Å². The molecule has 0 aliphatic carbocycles. The predicted molar refractivity (Wildman–Crippen MR) is 67.5 cm³/mol. The molecule has 1 aromatic carbocycles. The summed E-state index contributed by atoms with van der Waals surface area (Å²) in [6, 6.07) is 9.02. The summed E-state index contributed by atoms with van der Waals surface area (Å²) in [5, 5.41) is 10.2. The van der Waals surface area contributed by atoms with Gasteiger partial charge in [0.25, 0.3) is 0 Å². The summed E-state index contributed by atoms with van der Waals surface area (Å²) in [6.07, 6.45) is 1.53.